The van der Waals surface area contributed by atoms with Crippen LogP contribution in [0.25, 0.3) is 0 Å². The number of likely N-dealkylation sites (tertiary alicyclic amines) is 2. The zero-order valence-electron chi connectivity index (χ0n) is 17.3. The number of anilines is 1. The van der Waals surface area contributed by atoms with E-state index >= 15 is 0 Å². The fourth-order valence-corrected chi connectivity index (χ4v) is 4.38. The lowest BCUT2D eigenvalue weighted by Crippen LogP contribution is -2.42. The molecule has 0 spiro atoms. The molecule has 1 N–H and O–H groups in total. The molecule has 2 aromatic carbocycles. The standard InChI is InChI=1S/C24H31N3O2/c1-19-6-4-8-23(16-19)29-22-11-9-20(10-12-22)25-24(28)18-27-15-5-7-21(27)17-26-13-2-3-14-26/h4,6,8-12,16,21H,2-3,5,7,13-15,17-18H2,1H3,(H,25,28). The van der Waals surface area contributed by atoms with Crippen molar-refractivity contribution in [1.82, 2.24) is 9.80 Å². The van der Waals surface area contributed by atoms with Crippen molar-refractivity contribution in [2.45, 2.75) is 38.6 Å². The Labute approximate surface area is 173 Å². The molecule has 2 aliphatic heterocycles. The summed E-state index contributed by atoms with van der Waals surface area (Å²) in [5.74, 6) is 1.64. The van der Waals surface area contributed by atoms with Gasteiger partial charge in [0.25, 0.3) is 0 Å². The molecule has 2 fully saturated rings. The van der Waals surface area contributed by atoms with Crippen LogP contribution >= 0.6 is 0 Å². The fourth-order valence-electron chi connectivity index (χ4n) is 4.38. The molecule has 5 heteroatoms. The first-order valence-electron chi connectivity index (χ1n) is 10.8. The number of hydrogen-bond donors (Lipinski definition) is 1. The van der Waals surface area contributed by atoms with Crippen molar-refractivity contribution >= 4 is 11.6 Å². The van der Waals surface area contributed by atoms with Crippen LogP contribution in [0.5, 0.6) is 11.5 Å². The minimum Gasteiger partial charge on any atom is -0.457 e. The average Bonchev–Trinajstić information content (AvgIpc) is 3.36. The minimum atomic E-state index is 0.0608. The zero-order chi connectivity index (χ0) is 20.1. The van der Waals surface area contributed by atoms with Crippen LogP contribution in [0.2, 0.25) is 0 Å². The van der Waals surface area contributed by atoms with Crippen LogP contribution in [-0.2, 0) is 4.79 Å². The molecule has 0 aromatic heterocycles. The van der Waals surface area contributed by atoms with Gasteiger partial charge in [0.1, 0.15) is 11.5 Å². The van der Waals surface area contributed by atoms with E-state index in [1.165, 1.54) is 38.8 Å². The number of rotatable bonds is 7. The fraction of sp³-hybridized carbons (Fsp3) is 0.458. The second-order valence-electron chi connectivity index (χ2n) is 8.27. The number of amides is 1. The summed E-state index contributed by atoms with van der Waals surface area (Å²) in [6.07, 6.45) is 5.03. The Morgan fingerprint density at radius 3 is 2.59 bits per heavy atom. The van der Waals surface area contributed by atoms with Crippen molar-refractivity contribution in [3.8, 4) is 11.5 Å². The third-order valence-corrected chi connectivity index (χ3v) is 5.88. The Kier molecular flexibility index (Phi) is 6.47. The van der Waals surface area contributed by atoms with Gasteiger partial charge in [-0.1, -0.05) is 12.1 Å². The second kappa shape index (κ2) is 9.42. The molecule has 154 valence electrons. The summed E-state index contributed by atoms with van der Waals surface area (Å²) in [6, 6.07) is 16.1. The molecule has 2 saturated heterocycles. The third kappa shape index (κ3) is 5.58. The molecule has 2 heterocycles. The van der Waals surface area contributed by atoms with Crippen LogP contribution in [0, 0.1) is 6.92 Å². The predicted molar refractivity (Wildman–Crippen MR) is 117 cm³/mol. The van der Waals surface area contributed by atoms with E-state index in [9.17, 15) is 4.79 Å². The van der Waals surface area contributed by atoms with Gasteiger partial charge < -0.3 is 15.0 Å². The lowest BCUT2D eigenvalue weighted by molar-refractivity contribution is -0.117. The van der Waals surface area contributed by atoms with Gasteiger partial charge in [0, 0.05) is 18.3 Å². The first-order valence-corrected chi connectivity index (χ1v) is 10.8. The predicted octanol–water partition coefficient (Wildman–Crippen LogP) is 4.29. The van der Waals surface area contributed by atoms with E-state index in [0.29, 0.717) is 12.6 Å². The maximum Gasteiger partial charge on any atom is 0.238 e. The molecular formula is C24H31N3O2. The molecule has 5 nitrogen and oxygen atoms in total. The van der Waals surface area contributed by atoms with Gasteiger partial charge in [-0.25, -0.2) is 0 Å². The van der Waals surface area contributed by atoms with Crippen molar-refractivity contribution in [1.29, 1.82) is 0 Å². The average molecular weight is 394 g/mol. The van der Waals surface area contributed by atoms with Crippen molar-refractivity contribution in [2.24, 2.45) is 0 Å². The SMILES string of the molecule is Cc1cccc(Oc2ccc(NC(=O)CN3CCCC3CN3CCCC3)cc2)c1. The number of aryl methyl sites for hydroxylation is 1. The number of nitrogens with one attached hydrogen (secondary N) is 1. The summed E-state index contributed by atoms with van der Waals surface area (Å²) in [7, 11) is 0. The molecule has 0 saturated carbocycles. The highest BCUT2D eigenvalue weighted by atomic mass is 16.5. The van der Waals surface area contributed by atoms with Crippen LogP contribution in [0.4, 0.5) is 5.69 Å². The molecule has 1 atom stereocenters. The number of benzene rings is 2. The number of ether oxygens (including phenoxy) is 1. The van der Waals surface area contributed by atoms with E-state index in [1.54, 1.807) is 0 Å². The number of carbonyl (C=O) groups is 1. The molecular weight excluding hydrogens is 362 g/mol. The molecule has 0 radical (unpaired) electrons. The topological polar surface area (TPSA) is 44.8 Å². The van der Waals surface area contributed by atoms with E-state index in [4.69, 9.17) is 4.74 Å². The molecule has 1 unspecified atom stereocenters. The monoisotopic (exact) mass is 393 g/mol. The maximum absolute atomic E-state index is 12.6. The highest BCUT2D eigenvalue weighted by molar-refractivity contribution is 5.92. The van der Waals surface area contributed by atoms with E-state index in [2.05, 4.69) is 15.1 Å². The summed E-state index contributed by atoms with van der Waals surface area (Å²) in [6.45, 7) is 7.08. The summed E-state index contributed by atoms with van der Waals surface area (Å²) in [4.78, 5) is 17.5. The van der Waals surface area contributed by atoms with Crippen LogP contribution in [0.3, 0.4) is 0 Å². The Hall–Kier alpha value is -2.37. The van der Waals surface area contributed by atoms with Crippen molar-refractivity contribution in [3.05, 3.63) is 54.1 Å². The Bertz CT molecular complexity index is 815. The number of nitrogens with zero attached hydrogens (tertiary/aromatic N) is 2. The van der Waals surface area contributed by atoms with E-state index < -0.39 is 0 Å². The largest absolute Gasteiger partial charge is 0.457 e. The van der Waals surface area contributed by atoms with Gasteiger partial charge in [0.05, 0.1) is 6.54 Å². The maximum atomic E-state index is 12.6. The molecule has 29 heavy (non-hydrogen) atoms. The lowest BCUT2D eigenvalue weighted by atomic mass is 10.2. The summed E-state index contributed by atoms with van der Waals surface area (Å²) in [5.41, 5.74) is 1.97. The van der Waals surface area contributed by atoms with Crippen LogP contribution in [-0.4, -0.2) is 54.5 Å². The van der Waals surface area contributed by atoms with Crippen molar-refractivity contribution in [2.75, 3.05) is 38.0 Å². The Morgan fingerprint density at radius 1 is 1.03 bits per heavy atom. The molecule has 4 rings (SSSR count). The molecule has 0 aliphatic carbocycles. The molecule has 2 aliphatic rings. The van der Waals surface area contributed by atoms with Crippen LogP contribution < -0.4 is 10.1 Å². The Morgan fingerprint density at radius 2 is 1.83 bits per heavy atom. The van der Waals surface area contributed by atoms with Gasteiger partial charge in [0.2, 0.25) is 5.91 Å². The highest BCUT2D eigenvalue weighted by Crippen LogP contribution is 2.24. The van der Waals surface area contributed by atoms with E-state index in [1.807, 2.05) is 55.5 Å². The zero-order valence-corrected chi connectivity index (χ0v) is 17.3. The number of carbonyl (C=O) groups excluding carboxylic acids is 1. The first-order chi connectivity index (χ1) is 14.2. The molecule has 2 aromatic rings. The third-order valence-electron chi connectivity index (χ3n) is 5.88. The summed E-state index contributed by atoms with van der Waals surface area (Å²) < 4.78 is 5.88. The van der Waals surface area contributed by atoms with Crippen LogP contribution in [0.15, 0.2) is 48.5 Å². The Balaban J connectivity index is 1.27. The molecule has 0 bridgehead atoms. The highest BCUT2D eigenvalue weighted by Gasteiger charge is 2.28. The van der Waals surface area contributed by atoms with E-state index in [-0.39, 0.29) is 5.91 Å². The lowest BCUT2D eigenvalue weighted by Gasteiger charge is -2.27. The van der Waals surface area contributed by atoms with Gasteiger partial charge >= 0.3 is 0 Å². The normalized spacial score (nSPS) is 20.1. The van der Waals surface area contributed by atoms with Crippen molar-refractivity contribution < 1.29 is 9.53 Å². The summed E-state index contributed by atoms with van der Waals surface area (Å²) in [5, 5.41) is 3.03. The number of hydrogen-bond acceptors (Lipinski definition) is 4. The summed E-state index contributed by atoms with van der Waals surface area (Å²) >= 11 is 0. The van der Waals surface area contributed by atoms with E-state index in [0.717, 1.165) is 35.8 Å². The van der Waals surface area contributed by atoms with Gasteiger partial charge in [-0.3, -0.25) is 9.69 Å². The second-order valence-corrected chi connectivity index (χ2v) is 8.27. The van der Waals surface area contributed by atoms with Gasteiger partial charge in [-0.05, 0) is 94.2 Å². The molecule has 1 amide bonds. The van der Waals surface area contributed by atoms with Gasteiger partial charge in [0.15, 0.2) is 0 Å². The van der Waals surface area contributed by atoms with Crippen molar-refractivity contribution in [3.63, 3.8) is 0 Å². The van der Waals surface area contributed by atoms with Crippen LogP contribution in [0.1, 0.15) is 31.2 Å². The van der Waals surface area contributed by atoms with Gasteiger partial charge in [-0.15, -0.1) is 0 Å². The minimum absolute atomic E-state index is 0.0608. The quantitative estimate of drug-likeness (QED) is 0.762. The first kappa shape index (κ1) is 19.9. The smallest absolute Gasteiger partial charge is 0.238 e. The van der Waals surface area contributed by atoms with Gasteiger partial charge in [-0.2, -0.15) is 0 Å².